The Hall–Kier alpha value is -3.13. The molecule has 1 unspecified atom stereocenters. The van der Waals surface area contributed by atoms with Crippen molar-refractivity contribution >= 4 is 22.6 Å². The Kier molecular flexibility index (Phi) is 5.10. The molecule has 4 rings (SSSR count). The molecular weight excluding hydrogens is 370 g/mol. The van der Waals surface area contributed by atoms with E-state index in [9.17, 15) is 9.59 Å². The highest BCUT2D eigenvalue weighted by molar-refractivity contribution is 6.06. The Morgan fingerprint density at radius 1 is 1.24 bits per heavy atom. The van der Waals surface area contributed by atoms with E-state index >= 15 is 0 Å². The number of benzene rings is 1. The minimum Gasteiger partial charge on any atom is -0.494 e. The van der Waals surface area contributed by atoms with Crippen molar-refractivity contribution in [1.82, 2.24) is 19.4 Å². The third kappa shape index (κ3) is 3.63. The number of nitrogens with one attached hydrogen (secondary N) is 2. The van der Waals surface area contributed by atoms with Crippen molar-refractivity contribution in [1.29, 1.82) is 0 Å². The Balaban J connectivity index is 1.61. The van der Waals surface area contributed by atoms with Gasteiger partial charge >= 0.3 is 5.69 Å². The first-order valence-electron chi connectivity index (χ1n) is 9.67. The SMILES string of the molecule is COc1cc2c(cc1NC(=O)c1cncc(CC3CCNC3)c1)n(C)c(=O)n2C. The Labute approximate surface area is 168 Å². The van der Waals surface area contributed by atoms with E-state index in [-0.39, 0.29) is 11.6 Å². The maximum absolute atomic E-state index is 12.9. The number of pyridine rings is 1. The minimum absolute atomic E-state index is 0.135. The van der Waals surface area contributed by atoms with Crippen LogP contribution in [0.15, 0.2) is 35.4 Å². The van der Waals surface area contributed by atoms with Crippen LogP contribution in [-0.4, -0.2) is 40.2 Å². The monoisotopic (exact) mass is 395 g/mol. The molecule has 0 aliphatic carbocycles. The normalized spacial score (nSPS) is 16.3. The Morgan fingerprint density at radius 3 is 2.69 bits per heavy atom. The fourth-order valence-electron chi connectivity index (χ4n) is 3.93. The summed E-state index contributed by atoms with van der Waals surface area (Å²) in [6.07, 6.45) is 5.43. The van der Waals surface area contributed by atoms with Gasteiger partial charge in [0.15, 0.2) is 0 Å². The number of aromatic nitrogens is 3. The lowest BCUT2D eigenvalue weighted by Crippen LogP contribution is -2.19. The van der Waals surface area contributed by atoms with Crippen molar-refractivity contribution in [3.8, 4) is 5.75 Å². The molecule has 29 heavy (non-hydrogen) atoms. The molecule has 1 saturated heterocycles. The van der Waals surface area contributed by atoms with Crippen LogP contribution in [0.1, 0.15) is 22.3 Å². The largest absolute Gasteiger partial charge is 0.494 e. The van der Waals surface area contributed by atoms with Crippen molar-refractivity contribution < 1.29 is 9.53 Å². The number of amides is 1. The predicted molar refractivity (Wildman–Crippen MR) is 112 cm³/mol. The summed E-state index contributed by atoms with van der Waals surface area (Å²) in [6, 6.07) is 5.41. The quantitative estimate of drug-likeness (QED) is 0.686. The van der Waals surface area contributed by atoms with E-state index in [1.165, 1.54) is 7.11 Å². The van der Waals surface area contributed by atoms with Crippen LogP contribution >= 0.6 is 0 Å². The van der Waals surface area contributed by atoms with Gasteiger partial charge in [-0.3, -0.25) is 18.9 Å². The number of nitrogens with zero attached hydrogens (tertiary/aromatic N) is 3. The molecule has 1 aliphatic heterocycles. The average molecular weight is 395 g/mol. The van der Waals surface area contributed by atoms with Crippen molar-refractivity contribution in [3.05, 3.63) is 52.2 Å². The second-order valence-electron chi connectivity index (χ2n) is 7.54. The maximum Gasteiger partial charge on any atom is 0.328 e. The molecule has 0 saturated carbocycles. The fraction of sp³-hybridized carbons (Fsp3) is 0.381. The molecule has 1 fully saturated rings. The van der Waals surface area contributed by atoms with E-state index in [4.69, 9.17) is 4.74 Å². The molecule has 1 aliphatic rings. The van der Waals surface area contributed by atoms with Gasteiger partial charge in [-0.2, -0.15) is 0 Å². The topological polar surface area (TPSA) is 90.2 Å². The van der Waals surface area contributed by atoms with E-state index in [0.717, 1.165) is 37.0 Å². The zero-order chi connectivity index (χ0) is 20.5. The summed E-state index contributed by atoms with van der Waals surface area (Å²) < 4.78 is 8.54. The van der Waals surface area contributed by atoms with Gasteiger partial charge in [0.05, 0.1) is 29.4 Å². The molecule has 2 N–H and O–H groups in total. The molecule has 3 heterocycles. The predicted octanol–water partition coefficient (Wildman–Crippen LogP) is 1.68. The van der Waals surface area contributed by atoms with Crippen molar-refractivity contribution in [2.45, 2.75) is 12.8 Å². The zero-order valence-electron chi connectivity index (χ0n) is 16.9. The first-order chi connectivity index (χ1) is 14.0. The molecule has 0 spiro atoms. The number of carbonyl (C=O) groups excluding carboxylic acids is 1. The molecule has 8 nitrogen and oxygen atoms in total. The van der Waals surface area contributed by atoms with E-state index in [0.29, 0.717) is 28.4 Å². The van der Waals surface area contributed by atoms with Crippen LogP contribution in [0.4, 0.5) is 5.69 Å². The standard InChI is InChI=1S/C21H25N5O3/c1-25-17-8-16(19(29-3)9-18(17)26(2)21(25)28)24-20(27)15-7-14(11-23-12-15)6-13-4-5-22-10-13/h7-9,11-13,22H,4-6,10H2,1-3H3,(H,24,27). The van der Waals surface area contributed by atoms with E-state index in [1.54, 1.807) is 41.6 Å². The van der Waals surface area contributed by atoms with Gasteiger partial charge < -0.3 is 15.4 Å². The number of hydrogen-bond acceptors (Lipinski definition) is 5. The third-order valence-corrected chi connectivity index (χ3v) is 5.59. The molecule has 0 bridgehead atoms. The van der Waals surface area contributed by atoms with Gasteiger partial charge in [0.2, 0.25) is 0 Å². The van der Waals surface area contributed by atoms with Crippen LogP contribution < -0.4 is 21.1 Å². The number of fused-ring (bicyclic) bond motifs is 1. The summed E-state index contributed by atoms with van der Waals surface area (Å²) in [7, 11) is 4.95. The number of methoxy groups -OCH3 is 1. The Bertz CT molecular complexity index is 1130. The van der Waals surface area contributed by atoms with Gasteiger partial charge in [-0.1, -0.05) is 0 Å². The van der Waals surface area contributed by atoms with Gasteiger partial charge in [-0.25, -0.2) is 4.79 Å². The number of anilines is 1. The summed E-state index contributed by atoms with van der Waals surface area (Å²) in [5.41, 5.74) is 3.38. The van der Waals surface area contributed by atoms with Crippen LogP contribution in [0, 0.1) is 5.92 Å². The van der Waals surface area contributed by atoms with Crippen molar-refractivity contribution in [3.63, 3.8) is 0 Å². The van der Waals surface area contributed by atoms with Crippen LogP contribution in [0.3, 0.4) is 0 Å². The molecule has 8 heteroatoms. The molecule has 1 atom stereocenters. The Morgan fingerprint density at radius 2 is 2.00 bits per heavy atom. The summed E-state index contributed by atoms with van der Waals surface area (Å²) in [4.78, 5) is 29.3. The lowest BCUT2D eigenvalue weighted by molar-refractivity contribution is 0.102. The highest BCUT2D eigenvalue weighted by Crippen LogP contribution is 2.30. The van der Waals surface area contributed by atoms with Crippen LogP contribution in [0.25, 0.3) is 11.0 Å². The van der Waals surface area contributed by atoms with Crippen molar-refractivity contribution in [2.24, 2.45) is 20.0 Å². The fourth-order valence-corrected chi connectivity index (χ4v) is 3.93. The van der Waals surface area contributed by atoms with E-state index in [2.05, 4.69) is 15.6 Å². The summed E-state index contributed by atoms with van der Waals surface area (Å²) in [6.45, 7) is 2.05. The average Bonchev–Trinajstić information content (AvgIpc) is 3.31. The second kappa shape index (κ2) is 7.71. The smallest absolute Gasteiger partial charge is 0.328 e. The molecule has 1 aromatic carbocycles. The highest BCUT2D eigenvalue weighted by atomic mass is 16.5. The van der Waals surface area contributed by atoms with Crippen LogP contribution in [0.2, 0.25) is 0 Å². The lowest BCUT2D eigenvalue weighted by Gasteiger charge is -2.12. The molecule has 3 aromatic rings. The van der Waals surface area contributed by atoms with E-state index in [1.807, 2.05) is 12.3 Å². The zero-order valence-corrected chi connectivity index (χ0v) is 16.9. The minimum atomic E-state index is -0.262. The van der Waals surface area contributed by atoms with Gasteiger partial charge in [0.25, 0.3) is 5.91 Å². The van der Waals surface area contributed by atoms with Gasteiger partial charge in [-0.05, 0) is 49.5 Å². The first kappa shape index (κ1) is 19.2. The van der Waals surface area contributed by atoms with Gasteiger partial charge in [0, 0.05) is 32.6 Å². The van der Waals surface area contributed by atoms with Gasteiger partial charge in [-0.15, -0.1) is 0 Å². The molecule has 0 radical (unpaired) electrons. The molecule has 1 amide bonds. The van der Waals surface area contributed by atoms with E-state index < -0.39 is 0 Å². The number of carbonyl (C=O) groups is 1. The summed E-state index contributed by atoms with van der Waals surface area (Å²) >= 11 is 0. The molecular formula is C21H25N5O3. The maximum atomic E-state index is 12.9. The molecule has 152 valence electrons. The molecule has 2 aromatic heterocycles. The highest BCUT2D eigenvalue weighted by Gasteiger charge is 2.18. The van der Waals surface area contributed by atoms with Crippen LogP contribution in [0.5, 0.6) is 5.75 Å². The first-order valence-corrected chi connectivity index (χ1v) is 9.67. The lowest BCUT2D eigenvalue weighted by atomic mass is 9.99. The number of hydrogen-bond donors (Lipinski definition) is 2. The number of ether oxygens (including phenoxy) is 1. The number of rotatable bonds is 5. The third-order valence-electron chi connectivity index (χ3n) is 5.59. The second-order valence-corrected chi connectivity index (χ2v) is 7.54. The summed E-state index contributed by atoms with van der Waals surface area (Å²) in [5, 5.41) is 6.27. The van der Waals surface area contributed by atoms with Crippen LogP contribution in [-0.2, 0) is 20.5 Å². The number of imidazole rings is 1. The number of aryl methyl sites for hydroxylation is 2. The summed E-state index contributed by atoms with van der Waals surface area (Å²) in [5.74, 6) is 0.813. The van der Waals surface area contributed by atoms with Gasteiger partial charge in [0.1, 0.15) is 5.75 Å². The van der Waals surface area contributed by atoms with Crippen molar-refractivity contribution in [2.75, 3.05) is 25.5 Å².